The number of methoxy groups -OCH3 is 1. The molecule has 2 aromatic carbocycles. The predicted octanol–water partition coefficient (Wildman–Crippen LogP) is 4.26. The second kappa shape index (κ2) is 9.70. The Morgan fingerprint density at radius 2 is 1.62 bits per heavy atom. The van der Waals surface area contributed by atoms with Crippen molar-refractivity contribution in [2.24, 2.45) is 0 Å². The van der Waals surface area contributed by atoms with Crippen LogP contribution in [0.4, 0.5) is 11.4 Å². The highest BCUT2D eigenvalue weighted by molar-refractivity contribution is 5.81. The average molecular weight is 356 g/mol. The van der Waals surface area contributed by atoms with E-state index in [2.05, 4.69) is 24.1 Å². The average Bonchev–Trinajstić information content (AvgIpc) is 2.68. The smallest absolute Gasteiger partial charge is 0.333 e. The first-order valence-corrected chi connectivity index (χ1v) is 9.05. The summed E-state index contributed by atoms with van der Waals surface area (Å²) >= 11 is 0. The third kappa shape index (κ3) is 4.91. The second-order valence-electron chi connectivity index (χ2n) is 5.82. The van der Waals surface area contributed by atoms with Crippen LogP contribution >= 0.6 is 0 Å². The van der Waals surface area contributed by atoms with E-state index in [0.717, 1.165) is 35.8 Å². The van der Waals surface area contributed by atoms with E-state index in [9.17, 15) is 4.79 Å². The third-order valence-corrected chi connectivity index (χ3v) is 4.28. The Morgan fingerprint density at radius 3 is 2.12 bits per heavy atom. The molecule has 2 rings (SSSR count). The monoisotopic (exact) mass is 356 g/mol. The van der Waals surface area contributed by atoms with E-state index in [1.807, 2.05) is 55.5 Å². The van der Waals surface area contributed by atoms with Gasteiger partial charge >= 0.3 is 5.97 Å². The molecule has 26 heavy (non-hydrogen) atoms. The molecule has 0 aliphatic rings. The molecule has 0 fully saturated rings. The first kappa shape index (κ1) is 19.6. The van der Waals surface area contributed by atoms with Crippen LogP contribution < -0.4 is 15.0 Å². The van der Waals surface area contributed by atoms with Crippen LogP contribution in [0.15, 0.2) is 48.5 Å². The van der Waals surface area contributed by atoms with Gasteiger partial charge in [0, 0.05) is 24.5 Å². The molecule has 1 atom stereocenters. The van der Waals surface area contributed by atoms with E-state index in [4.69, 9.17) is 9.47 Å². The summed E-state index contributed by atoms with van der Waals surface area (Å²) in [5, 5.41) is 3.26. The first-order chi connectivity index (χ1) is 12.6. The molecule has 5 nitrogen and oxygen atoms in total. The van der Waals surface area contributed by atoms with Crippen LogP contribution in [0.1, 0.15) is 32.4 Å². The fraction of sp³-hybridized carbons (Fsp3) is 0.381. The standard InChI is InChI=1S/C21H28N2O3/c1-5-23(6-2)18-12-8-16(9-13-18)20(21(24)26-7-3)22-17-10-14-19(25-4)15-11-17/h8-15,20,22H,5-7H2,1-4H3. The number of rotatable bonds is 9. The molecule has 0 saturated heterocycles. The first-order valence-electron chi connectivity index (χ1n) is 9.05. The van der Waals surface area contributed by atoms with E-state index in [1.54, 1.807) is 7.11 Å². The summed E-state index contributed by atoms with van der Waals surface area (Å²) in [5.74, 6) is 0.478. The van der Waals surface area contributed by atoms with Crippen molar-refractivity contribution < 1.29 is 14.3 Å². The van der Waals surface area contributed by atoms with Crippen molar-refractivity contribution in [2.45, 2.75) is 26.8 Å². The van der Waals surface area contributed by atoms with Crippen molar-refractivity contribution in [3.63, 3.8) is 0 Å². The Labute approximate surface area is 155 Å². The molecule has 0 aliphatic carbocycles. The quantitative estimate of drug-likeness (QED) is 0.681. The number of carbonyl (C=O) groups is 1. The number of nitrogens with zero attached hydrogens (tertiary/aromatic N) is 1. The summed E-state index contributed by atoms with van der Waals surface area (Å²) in [5.41, 5.74) is 2.85. The zero-order chi connectivity index (χ0) is 18.9. The number of esters is 1. The zero-order valence-electron chi connectivity index (χ0n) is 16.0. The molecule has 0 saturated carbocycles. The zero-order valence-corrected chi connectivity index (χ0v) is 16.0. The molecule has 0 aliphatic heterocycles. The summed E-state index contributed by atoms with van der Waals surface area (Å²) in [6.07, 6.45) is 0. The highest BCUT2D eigenvalue weighted by atomic mass is 16.5. The van der Waals surface area contributed by atoms with E-state index in [-0.39, 0.29) is 5.97 Å². The van der Waals surface area contributed by atoms with E-state index >= 15 is 0 Å². The van der Waals surface area contributed by atoms with Crippen LogP contribution in [0, 0.1) is 0 Å². The Hall–Kier alpha value is -2.69. The summed E-state index contributed by atoms with van der Waals surface area (Å²) in [6, 6.07) is 15.0. The maximum Gasteiger partial charge on any atom is 0.333 e. The highest BCUT2D eigenvalue weighted by Crippen LogP contribution is 2.25. The molecule has 0 radical (unpaired) electrons. The van der Waals surface area contributed by atoms with E-state index in [1.165, 1.54) is 0 Å². The van der Waals surface area contributed by atoms with Gasteiger partial charge in [-0.1, -0.05) is 12.1 Å². The minimum Gasteiger partial charge on any atom is -0.497 e. The molecule has 0 aromatic heterocycles. The Morgan fingerprint density at radius 1 is 1.00 bits per heavy atom. The Balaban J connectivity index is 2.24. The fourth-order valence-electron chi connectivity index (χ4n) is 2.82. The van der Waals surface area contributed by atoms with Gasteiger partial charge in [-0.25, -0.2) is 4.79 Å². The van der Waals surface area contributed by atoms with Crippen LogP contribution in [0.5, 0.6) is 5.75 Å². The van der Waals surface area contributed by atoms with Gasteiger partial charge in [0.25, 0.3) is 0 Å². The number of carbonyl (C=O) groups excluding carboxylic acids is 1. The van der Waals surface area contributed by atoms with Crippen LogP contribution in [0.2, 0.25) is 0 Å². The normalized spacial score (nSPS) is 11.5. The number of ether oxygens (including phenoxy) is 2. The van der Waals surface area contributed by atoms with Gasteiger partial charge in [0.05, 0.1) is 13.7 Å². The molecule has 0 heterocycles. The molecule has 0 bridgehead atoms. The predicted molar refractivity (Wildman–Crippen MR) is 106 cm³/mol. The van der Waals surface area contributed by atoms with Crippen molar-refractivity contribution in [3.8, 4) is 5.75 Å². The lowest BCUT2D eigenvalue weighted by atomic mass is 10.1. The molecule has 0 amide bonds. The molecule has 0 spiro atoms. The number of hydrogen-bond donors (Lipinski definition) is 1. The largest absolute Gasteiger partial charge is 0.497 e. The SMILES string of the molecule is CCOC(=O)C(Nc1ccc(OC)cc1)c1ccc(N(CC)CC)cc1. The van der Waals surface area contributed by atoms with Crippen molar-refractivity contribution in [3.05, 3.63) is 54.1 Å². The fourth-order valence-corrected chi connectivity index (χ4v) is 2.82. The lowest BCUT2D eigenvalue weighted by Gasteiger charge is -2.23. The van der Waals surface area contributed by atoms with Crippen LogP contribution in [-0.4, -0.2) is 32.8 Å². The minimum absolute atomic E-state index is 0.293. The summed E-state index contributed by atoms with van der Waals surface area (Å²) < 4.78 is 10.4. The lowest BCUT2D eigenvalue weighted by Crippen LogP contribution is -2.24. The van der Waals surface area contributed by atoms with Gasteiger partial charge in [-0.05, 0) is 62.7 Å². The van der Waals surface area contributed by atoms with Crippen LogP contribution in [0.25, 0.3) is 0 Å². The van der Waals surface area contributed by atoms with Crippen LogP contribution in [0.3, 0.4) is 0 Å². The molecular formula is C21H28N2O3. The van der Waals surface area contributed by atoms with Gasteiger partial charge in [0.2, 0.25) is 0 Å². The molecular weight excluding hydrogens is 328 g/mol. The topological polar surface area (TPSA) is 50.8 Å². The molecule has 1 N–H and O–H groups in total. The number of hydrogen-bond acceptors (Lipinski definition) is 5. The maximum absolute atomic E-state index is 12.5. The van der Waals surface area contributed by atoms with Gasteiger partial charge in [0.1, 0.15) is 5.75 Å². The Bertz CT molecular complexity index is 679. The molecule has 2 aromatic rings. The lowest BCUT2D eigenvalue weighted by molar-refractivity contribution is -0.144. The van der Waals surface area contributed by atoms with Gasteiger partial charge in [-0.2, -0.15) is 0 Å². The number of nitrogens with one attached hydrogen (secondary N) is 1. The van der Waals surface area contributed by atoms with E-state index in [0.29, 0.717) is 6.61 Å². The summed E-state index contributed by atoms with van der Waals surface area (Å²) in [6.45, 7) is 8.31. The van der Waals surface area contributed by atoms with Crippen LogP contribution in [-0.2, 0) is 9.53 Å². The molecule has 140 valence electrons. The minimum atomic E-state index is -0.561. The van der Waals surface area contributed by atoms with Crippen molar-refractivity contribution in [1.29, 1.82) is 0 Å². The summed E-state index contributed by atoms with van der Waals surface area (Å²) in [4.78, 5) is 14.7. The van der Waals surface area contributed by atoms with Crippen molar-refractivity contribution in [1.82, 2.24) is 0 Å². The van der Waals surface area contributed by atoms with E-state index < -0.39 is 6.04 Å². The second-order valence-corrected chi connectivity index (χ2v) is 5.82. The highest BCUT2D eigenvalue weighted by Gasteiger charge is 2.22. The van der Waals surface area contributed by atoms with Gasteiger partial charge in [-0.3, -0.25) is 0 Å². The molecule has 1 unspecified atom stereocenters. The maximum atomic E-state index is 12.5. The Kier molecular flexibility index (Phi) is 7.33. The van der Waals surface area contributed by atoms with Crippen molar-refractivity contribution in [2.75, 3.05) is 37.0 Å². The van der Waals surface area contributed by atoms with Gasteiger partial charge < -0.3 is 19.7 Å². The van der Waals surface area contributed by atoms with Gasteiger partial charge in [-0.15, -0.1) is 0 Å². The summed E-state index contributed by atoms with van der Waals surface area (Å²) in [7, 11) is 1.63. The van der Waals surface area contributed by atoms with Crippen molar-refractivity contribution >= 4 is 17.3 Å². The number of benzene rings is 2. The number of anilines is 2. The third-order valence-electron chi connectivity index (χ3n) is 4.28. The molecule has 5 heteroatoms. The van der Waals surface area contributed by atoms with Gasteiger partial charge in [0.15, 0.2) is 6.04 Å².